The Balaban J connectivity index is 2.00. The highest BCUT2D eigenvalue weighted by atomic mass is 16.5. The van der Waals surface area contributed by atoms with Gasteiger partial charge in [0.1, 0.15) is 5.82 Å². The fourth-order valence-corrected chi connectivity index (χ4v) is 4.08. The number of nitrogens with one attached hydrogen (secondary N) is 1. The first-order valence-corrected chi connectivity index (χ1v) is 11.5. The summed E-state index contributed by atoms with van der Waals surface area (Å²) in [6.45, 7) is 8.43. The Labute approximate surface area is 204 Å². The van der Waals surface area contributed by atoms with E-state index in [1.54, 1.807) is 6.08 Å². The summed E-state index contributed by atoms with van der Waals surface area (Å²) in [4.78, 5) is 41.9. The first-order chi connectivity index (χ1) is 16.6. The number of nitrogen functional groups attached to an aromatic ring is 1. The van der Waals surface area contributed by atoms with Crippen molar-refractivity contribution in [2.45, 2.75) is 34.2 Å². The Bertz CT molecular complexity index is 1330. The van der Waals surface area contributed by atoms with Crippen LogP contribution >= 0.6 is 0 Å². The molecule has 186 valence electrons. The highest BCUT2D eigenvalue weighted by Crippen LogP contribution is 2.23. The number of hydrogen-bond acceptors (Lipinski definition) is 5. The fourth-order valence-electron chi connectivity index (χ4n) is 4.08. The molecule has 1 aromatic carbocycles. The number of carbonyl (C=O) groups excluding carboxylic acids is 1. The summed E-state index contributed by atoms with van der Waals surface area (Å²) in [6.07, 6.45) is 3.13. The monoisotopic (exact) mass is 479 g/mol. The van der Waals surface area contributed by atoms with E-state index >= 15 is 0 Å². The lowest BCUT2D eigenvalue weighted by molar-refractivity contribution is -0.114. The largest absolute Gasteiger partial charge is 0.383 e. The van der Waals surface area contributed by atoms with E-state index in [2.05, 4.69) is 9.55 Å². The highest BCUT2D eigenvalue weighted by Gasteiger charge is 2.23. The number of aromatic amines is 1. The summed E-state index contributed by atoms with van der Waals surface area (Å²) in [5.74, 6) is -0.386. The average Bonchev–Trinajstić information content (AvgIpc) is 3.10. The molecule has 3 aromatic rings. The second kappa shape index (κ2) is 11.1. The number of aryl methyl sites for hydroxylation is 1. The van der Waals surface area contributed by atoms with Gasteiger partial charge in [-0.1, -0.05) is 32.0 Å². The van der Waals surface area contributed by atoms with Crippen LogP contribution in [-0.4, -0.2) is 40.3 Å². The zero-order valence-corrected chi connectivity index (χ0v) is 20.9. The number of anilines is 2. The standard InChI is InChI=1S/C26H33N5O4/c1-17(2)16-30-24(27)23(25(33)28-26(30)34)29(13-14-35-5)22(32)12-11-20-15-18(3)31(19(20)4)21-9-7-6-8-10-21/h6-12,15,17H,13-14,16,27H2,1-5H3,(H,28,33,34)/b12-11+. The van der Waals surface area contributed by atoms with Crippen molar-refractivity contribution >= 4 is 23.5 Å². The predicted molar refractivity (Wildman–Crippen MR) is 139 cm³/mol. The summed E-state index contributed by atoms with van der Waals surface area (Å²) in [7, 11) is 1.50. The Kier molecular flexibility index (Phi) is 8.14. The molecule has 35 heavy (non-hydrogen) atoms. The molecule has 2 aromatic heterocycles. The number of amides is 1. The lowest BCUT2D eigenvalue weighted by Crippen LogP contribution is -2.42. The number of para-hydroxylation sites is 1. The van der Waals surface area contributed by atoms with Crippen LogP contribution in [0.4, 0.5) is 11.5 Å². The van der Waals surface area contributed by atoms with E-state index in [1.807, 2.05) is 64.1 Å². The molecular formula is C26H33N5O4. The van der Waals surface area contributed by atoms with E-state index < -0.39 is 17.2 Å². The van der Waals surface area contributed by atoms with E-state index in [0.717, 1.165) is 22.6 Å². The highest BCUT2D eigenvalue weighted by molar-refractivity contribution is 6.05. The fraction of sp³-hybridized carbons (Fsp3) is 0.346. The summed E-state index contributed by atoms with van der Waals surface area (Å²) in [5, 5.41) is 0. The van der Waals surface area contributed by atoms with Crippen molar-refractivity contribution in [3.63, 3.8) is 0 Å². The molecule has 0 aliphatic heterocycles. The van der Waals surface area contributed by atoms with Crippen LogP contribution in [0.2, 0.25) is 0 Å². The molecule has 1 amide bonds. The van der Waals surface area contributed by atoms with Gasteiger partial charge in [0.25, 0.3) is 11.5 Å². The topological polar surface area (TPSA) is 115 Å². The molecule has 0 aliphatic carbocycles. The number of H-pyrrole nitrogens is 1. The Morgan fingerprint density at radius 1 is 1.20 bits per heavy atom. The second-order valence-corrected chi connectivity index (χ2v) is 8.81. The Hall–Kier alpha value is -3.85. The van der Waals surface area contributed by atoms with E-state index in [1.165, 1.54) is 22.7 Å². The summed E-state index contributed by atoms with van der Waals surface area (Å²) in [5.41, 5.74) is 8.77. The lowest BCUT2D eigenvalue weighted by Gasteiger charge is -2.23. The number of methoxy groups -OCH3 is 1. The minimum absolute atomic E-state index is 0.0486. The molecule has 0 saturated carbocycles. The molecule has 2 heterocycles. The molecule has 0 aliphatic rings. The second-order valence-electron chi connectivity index (χ2n) is 8.81. The maximum Gasteiger partial charge on any atom is 0.330 e. The molecule has 3 rings (SSSR count). The van der Waals surface area contributed by atoms with Gasteiger partial charge in [-0.05, 0) is 49.6 Å². The SMILES string of the molecule is COCCN(C(=O)/C=C/c1cc(C)n(-c2ccccc2)c1C)c1c(N)n(CC(C)C)c(=O)[nH]c1=O. The van der Waals surface area contributed by atoms with Crippen molar-refractivity contribution in [1.29, 1.82) is 0 Å². The van der Waals surface area contributed by atoms with E-state index in [9.17, 15) is 14.4 Å². The minimum atomic E-state index is -0.715. The molecular weight excluding hydrogens is 446 g/mol. The van der Waals surface area contributed by atoms with Crippen molar-refractivity contribution in [3.8, 4) is 5.69 Å². The summed E-state index contributed by atoms with van der Waals surface area (Å²) in [6, 6.07) is 11.9. The van der Waals surface area contributed by atoms with Crippen molar-refractivity contribution in [3.05, 3.63) is 80.3 Å². The molecule has 0 fully saturated rings. The van der Waals surface area contributed by atoms with Crippen LogP contribution in [0.5, 0.6) is 0 Å². The van der Waals surface area contributed by atoms with E-state index in [-0.39, 0.29) is 30.6 Å². The first kappa shape index (κ1) is 25.8. The van der Waals surface area contributed by atoms with Crippen molar-refractivity contribution in [2.24, 2.45) is 5.92 Å². The zero-order valence-electron chi connectivity index (χ0n) is 20.9. The van der Waals surface area contributed by atoms with Gasteiger partial charge in [-0.25, -0.2) is 4.79 Å². The number of nitrogens with two attached hydrogens (primary N) is 1. The predicted octanol–water partition coefficient (Wildman–Crippen LogP) is 2.88. The Morgan fingerprint density at radius 2 is 1.89 bits per heavy atom. The minimum Gasteiger partial charge on any atom is -0.383 e. The van der Waals surface area contributed by atoms with Crippen LogP contribution in [0.15, 0.2) is 52.1 Å². The third-order valence-corrected chi connectivity index (χ3v) is 5.71. The van der Waals surface area contributed by atoms with Gasteiger partial charge in [-0.15, -0.1) is 0 Å². The van der Waals surface area contributed by atoms with Crippen LogP contribution < -0.4 is 21.9 Å². The zero-order chi connectivity index (χ0) is 25.7. The van der Waals surface area contributed by atoms with E-state index in [0.29, 0.717) is 6.54 Å². The Morgan fingerprint density at radius 3 is 2.51 bits per heavy atom. The molecule has 9 nitrogen and oxygen atoms in total. The van der Waals surface area contributed by atoms with Gasteiger partial charge < -0.3 is 15.0 Å². The number of aromatic nitrogens is 3. The third-order valence-electron chi connectivity index (χ3n) is 5.71. The molecule has 3 N–H and O–H groups in total. The maximum atomic E-state index is 13.3. The lowest BCUT2D eigenvalue weighted by atomic mass is 10.2. The van der Waals surface area contributed by atoms with Crippen molar-refractivity contribution in [2.75, 3.05) is 30.9 Å². The number of hydrogen-bond donors (Lipinski definition) is 2. The van der Waals surface area contributed by atoms with Gasteiger partial charge in [0.2, 0.25) is 0 Å². The number of carbonyl (C=O) groups is 1. The molecule has 0 atom stereocenters. The summed E-state index contributed by atoms with van der Waals surface area (Å²) >= 11 is 0. The van der Waals surface area contributed by atoms with Gasteiger partial charge in [-0.2, -0.15) is 0 Å². The molecule has 9 heteroatoms. The number of rotatable bonds is 9. The van der Waals surface area contributed by atoms with Gasteiger partial charge >= 0.3 is 5.69 Å². The third kappa shape index (κ3) is 5.63. The molecule has 0 spiro atoms. The van der Waals surface area contributed by atoms with E-state index in [4.69, 9.17) is 10.5 Å². The van der Waals surface area contributed by atoms with Crippen molar-refractivity contribution < 1.29 is 9.53 Å². The molecule has 0 saturated heterocycles. The smallest absolute Gasteiger partial charge is 0.330 e. The van der Waals surface area contributed by atoms with Crippen LogP contribution in [0.3, 0.4) is 0 Å². The van der Waals surface area contributed by atoms with Crippen LogP contribution in [0.1, 0.15) is 30.8 Å². The van der Waals surface area contributed by atoms with Gasteiger partial charge in [0.15, 0.2) is 5.69 Å². The van der Waals surface area contributed by atoms with Crippen LogP contribution in [0, 0.1) is 19.8 Å². The average molecular weight is 480 g/mol. The number of nitrogens with zero attached hydrogens (tertiary/aromatic N) is 3. The quantitative estimate of drug-likeness (QED) is 0.458. The van der Waals surface area contributed by atoms with Gasteiger partial charge in [-0.3, -0.25) is 24.0 Å². The van der Waals surface area contributed by atoms with Crippen molar-refractivity contribution in [1.82, 2.24) is 14.1 Å². The molecule has 0 radical (unpaired) electrons. The normalized spacial score (nSPS) is 11.5. The molecule has 0 bridgehead atoms. The van der Waals surface area contributed by atoms with Crippen LogP contribution in [0.25, 0.3) is 11.8 Å². The first-order valence-electron chi connectivity index (χ1n) is 11.5. The maximum absolute atomic E-state index is 13.3. The van der Waals surface area contributed by atoms with Gasteiger partial charge in [0, 0.05) is 43.4 Å². The molecule has 0 unspecified atom stereocenters. The van der Waals surface area contributed by atoms with Crippen LogP contribution in [-0.2, 0) is 16.1 Å². The summed E-state index contributed by atoms with van der Waals surface area (Å²) < 4.78 is 8.54. The number of benzene rings is 1. The van der Waals surface area contributed by atoms with Gasteiger partial charge in [0.05, 0.1) is 6.61 Å². The number of ether oxygens (including phenoxy) is 1.